The number of rotatable bonds is 8. The Kier molecular flexibility index (Phi) is 5.33. The van der Waals surface area contributed by atoms with Gasteiger partial charge in [0.15, 0.2) is 5.69 Å². The van der Waals surface area contributed by atoms with Gasteiger partial charge in [0.25, 0.3) is 5.91 Å². The fraction of sp³-hybridized carbons (Fsp3) is 0.611. The lowest BCUT2D eigenvalue weighted by Crippen LogP contribution is -2.26. The Morgan fingerprint density at radius 1 is 1.38 bits per heavy atom. The van der Waals surface area contributed by atoms with Crippen LogP contribution in [-0.2, 0) is 19.6 Å². The number of likely N-dealkylation sites (tertiary alicyclic amines) is 1. The molecule has 1 aliphatic carbocycles. The highest BCUT2D eigenvalue weighted by molar-refractivity contribution is 7.09. The van der Waals surface area contributed by atoms with E-state index in [-0.39, 0.29) is 5.91 Å². The zero-order valence-electron chi connectivity index (χ0n) is 15.1. The number of hydrogen-bond acceptors (Lipinski definition) is 7. The van der Waals surface area contributed by atoms with Crippen LogP contribution < -0.4 is 5.32 Å². The monoisotopic (exact) mass is 375 g/mol. The minimum Gasteiger partial charge on any atom is -0.447 e. The second-order valence-electron chi connectivity index (χ2n) is 7.16. The van der Waals surface area contributed by atoms with Crippen molar-refractivity contribution in [3.63, 3.8) is 0 Å². The van der Waals surface area contributed by atoms with Gasteiger partial charge >= 0.3 is 0 Å². The topological polar surface area (TPSA) is 74.5 Å². The molecule has 7 nitrogen and oxygen atoms in total. The van der Waals surface area contributed by atoms with Crippen molar-refractivity contribution >= 4 is 17.2 Å². The zero-order chi connectivity index (χ0) is 17.9. The molecule has 1 saturated heterocycles. The number of nitrogens with zero attached hydrogens (tertiary/aromatic N) is 4. The molecule has 0 unspecified atom stereocenters. The van der Waals surface area contributed by atoms with Crippen LogP contribution in [0.25, 0.3) is 0 Å². The molecule has 26 heavy (non-hydrogen) atoms. The van der Waals surface area contributed by atoms with Crippen molar-refractivity contribution in [2.45, 2.75) is 51.4 Å². The molecule has 2 aromatic rings. The van der Waals surface area contributed by atoms with Crippen LogP contribution in [0.5, 0.6) is 0 Å². The summed E-state index contributed by atoms with van der Waals surface area (Å²) < 4.78 is 5.40. The van der Waals surface area contributed by atoms with Crippen LogP contribution in [0.3, 0.4) is 0 Å². The van der Waals surface area contributed by atoms with Gasteiger partial charge in [0.2, 0.25) is 5.89 Å². The summed E-state index contributed by atoms with van der Waals surface area (Å²) in [6, 6.07) is 0.586. The van der Waals surface area contributed by atoms with Crippen molar-refractivity contribution < 1.29 is 9.21 Å². The first-order valence-corrected chi connectivity index (χ1v) is 10.1. The van der Waals surface area contributed by atoms with Gasteiger partial charge < -0.3 is 14.6 Å². The molecule has 4 rings (SSSR count). The zero-order valence-corrected chi connectivity index (χ0v) is 15.9. The van der Waals surface area contributed by atoms with E-state index in [1.54, 1.807) is 23.3 Å². The highest BCUT2D eigenvalue weighted by Crippen LogP contribution is 2.20. The number of amides is 1. The van der Waals surface area contributed by atoms with Crippen molar-refractivity contribution in [1.82, 2.24) is 25.1 Å². The molecule has 0 atom stereocenters. The Hall–Kier alpha value is -1.77. The molecule has 8 heteroatoms. The molecule has 0 bridgehead atoms. The number of aromatic nitrogens is 2. The number of carbonyl (C=O) groups is 1. The summed E-state index contributed by atoms with van der Waals surface area (Å²) in [6.07, 6.45) is 6.43. The predicted octanol–water partition coefficient (Wildman–Crippen LogP) is 2.25. The van der Waals surface area contributed by atoms with Gasteiger partial charge in [-0.1, -0.05) is 0 Å². The minimum absolute atomic E-state index is 0.136. The molecule has 2 fully saturated rings. The molecule has 1 N–H and O–H groups in total. The molecule has 1 amide bonds. The van der Waals surface area contributed by atoms with E-state index in [2.05, 4.69) is 25.6 Å². The van der Waals surface area contributed by atoms with Gasteiger partial charge in [-0.3, -0.25) is 9.69 Å². The molecule has 0 aromatic carbocycles. The van der Waals surface area contributed by atoms with Crippen LogP contribution in [0, 0.1) is 0 Å². The van der Waals surface area contributed by atoms with Gasteiger partial charge in [0.05, 0.1) is 18.8 Å². The largest absolute Gasteiger partial charge is 0.447 e. The van der Waals surface area contributed by atoms with E-state index in [9.17, 15) is 4.79 Å². The molecule has 140 valence electrons. The van der Waals surface area contributed by atoms with Crippen LogP contribution in [0.1, 0.15) is 52.8 Å². The highest BCUT2D eigenvalue weighted by atomic mass is 32.1. The molecule has 0 spiro atoms. The Morgan fingerprint density at radius 2 is 2.19 bits per heavy atom. The third-order valence-electron chi connectivity index (χ3n) is 4.79. The van der Waals surface area contributed by atoms with Crippen molar-refractivity contribution in [1.29, 1.82) is 0 Å². The van der Waals surface area contributed by atoms with Gasteiger partial charge in [-0.15, -0.1) is 11.3 Å². The van der Waals surface area contributed by atoms with E-state index in [1.807, 2.05) is 0 Å². The Bertz CT molecular complexity index is 748. The van der Waals surface area contributed by atoms with Crippen LogP contribution in [-0.4, -0.2) is 51.9 Å². The van der Waals surface area contributed by atoms with Gasteiger partial charge in [-0.2, -0.15) is 0 Å². The maximum Gasteiger partial charge on any atom is 0.275 e. The SMILES string of the molecule is CN(Cc1nc(CN2CCCC2)cs1)C(=O)c1coc(CNC2CC2)n1. The maximum absolute atomic E-state index is 12.5. The van der Waals surface area contributed by atoms with Gasteiger partial charge in [-0.05, 0) is 38.8 Å². The fourth-order valence-corrected chi connectivity index (χ4v) is 3.98. The van der Waals surface area contributed by atoms with E-state index in [0.29, 0.717) is 30.7 Å². The quantitative estimate of drug-likeness (QED) is 0.763. The summed E-state index contributed by atoms with van der Waals surface area (Å²) in [5, 5.41) is 6.39. The summed E-state index contributed by atoms with van der Waals surface area (Å²) in [6.45, 7) is 4.31. The maximum atomic E-state index is 12.5. The number of nitrogens with one attached hydrogen (secondary N) is 1. The fourth-order valence-electron chi connectivity index (χ4n) is 3.14. The second-order valence-corrected chi connectivity index (χ2v) is 8.10. The molecule has 3 heterocycles. The average molecular weight is 375 g/mol. The van der Waals surface area contributed by atoms with Crippen molar-refractivity contribution in [3.8, 4) is 0 Å². The predicted molar refractivity (Wildman–Crippen MR) is 98.8 cm³/mol. The molecule has 1 saturated carbocycles. The van der Waals surface area contributed by atoms with Crippen molar-refractivity contribution in [3.05, 3.63) is 33.9 Å². The smallest absolute Gasteiger partial charge is 0.275 e. The number of oxazole rings is 1. The highest BCUT2D eigenvalue weighted by Gasteiger charge is 2.22. The van der Waals surface area contributed by atoms with Crippen LogP contribution in [0.4, 0.5) is 0 Å². The first-order valence-electron chi connectivity index (χ1n) is 9.26. The lowest BCUT2D eigenvalue weighted by atomic mass is 10.4. The average Bonchev–Trinajstić information content (AvgIpc) is 3.05. The minimum atomic E-state index is -0.136. The van der Waals surface area contributed by atoms with Crippen LogP contribution >= 0.6 is 11.3 Å². The number of thiazole rings is 1. The van der Waals surface area contributed by atoms with Gasteiger partial charge in [-0.25, -0.2) is 9.97 Å². The molecular weight excluding hydrogens is 350 g/mol. The van der Waals surface area contributed by atoms with E-state index in [0.717, 1.165) is 30.3 Å². The lowest BCUT2D eigenvalue weighted by Gasteiger charge is -2.14. The van der Waals surface area contributed by atoms with Crippen molar-refractivity contribution in [2.75, 3.05) is 20.1 Å². The van der Waals surface area contributed by atoms with Crippen LogP contribution in [0.2, 0.25) is 0 Å². The molecule has 0 radical (unpaired) electrons. The van der Waals surface area contributed by atoms with Crippen LogP contribution in [0.15, 0.2) is 16.1 Å². The summed E-state index contributed by atoms with van der Waals surface area (Å²) in [7, 11) is 1.78. The third-order valence-corrected chi connectivity index (χ3v) is 5.68. The molecule has 2 aliphatic rings. The standard InChI is InChI=1S/C18H25N5O2S/c1-22(10-17-20-14(12-26-17)9-23-6-2-3-7-23)18(24)15-11-25-16(21-15)8-19-13-4-5-13/h11-13,19H,2-10H2,1H3. The van der Waals surface area contributed by atoms with Crippen molar-refractivity contribution in [2.24, 2.45) is 0 Å². The summed E-state index contributed by atoms with van der Waals surface area (Å²) in [5.41, 5.74) is 1.46. The Labute approximate surface area is 157 Å². The number of hydrogen-bond donors (Lipinski definition) is 1. The molecule has 1 aliphatic heterocycles. The third kappa shape index (κ3) is 4.49. The normalized spacial score (nSPS) is 17.7. The Balaban J connectivity index is 1.30. The Morgan fingerprint density at radius 3 is 2.96 bits per heavy atom. The molecule has 2 aromatic heterocycles. The number of carbonyl (C=O) groups excluding carboxylic acids is 1. The molecular formula is C18H25N5O2S. The summed E-state index contributed by atoms with van der Waals surface area (Å²) in [4.78, 5) is 25.6. The lowest BCUT2D eigenvalue weighted by molar-refractivity contribution is 0.0779. The van der Waals surface area contributed by atoms with Gasteiger partial charge in [0, 0.05) is 25.0 Å². The van der Waals surface area contributed by atoms with E-state index >= 15 is 0 Å². The van der Waals surface area contributed by atoms with E-state index in [4.69, 9.17) is 4.42 Å². The summed E-state index contributed by atoms with van der Waals surface area (Å²) >= 11 is 1.61. The van der Waals surface area contributed by atoms with E-state index < -0.39 is 0 Å². The van der Waals surface area contributed by atoms with E-state index in [1.165, 1.54) is 31.9 Å². The summed E-state index contributed by atoms with van der Waals surface area (Å²) in [5.74, 6) is 0.429. The second kappa shape index (κ2) is 7.85. The first-order chi connectivity index (χ1) is 12.7. The first kappa shape index (κ1) is 17.6. The van der Waals surface area contributed by atoms with Gasteiger partial charge in [0.1, 0.15) is 11.3 Å².